The summed E-state index contributed by atoms with van der Waals surface area (Å²) in [6.07, 6.45) is 7.87. The van der Waals surface area contributed by atoms with Crippen molar-refractivity contribution in [3.8, 4) is 0 Å². The Hall–Kier alpha value is -1.58. The standard InChI is InChI=1S/C15H16ClNO2/c16-13-5-1-11(2-6-13)4-8-15(19)17-14-7-3-12(9-14)10-18/h1-8,12,14,18H,9-10H2,(H,17,19)/b8-4+/t12-,14+/m0/s1. The molecular weight excluding hydrogens is 262 g/mol. The van der Waals surface area contributed by atoms with Crippen LogP contribution in [0.3, 0.4) is 0 Å². The lowest BCUT2D eigenvalue weighted by Gasteiger charge is -2.10. The van der Waals surface area contributed by atoms with Gasteiger partial charge in [0.1, 0.15) is 0 Å². The number of halogens is 1. The lowest BCUT2D eigenvalue weighted by molar-refractivity contribution is -0.116. The van der Waals surface area contributed by atoms with Crippen LogP contribution >= 0.6 is 11.6 Å². The van der Waals surface area contributed by atoms with E-state index in [-0.39, 0.29) is 24.5 Å². The van der Waals surface area contributed by atoms with Crippen LogP contribution in [-0.4, -0.2) is 23.7 Å². The van der Waals surface area contributed by atoms with E-state index in [9.17, 15) is 4.79 Å². The molecule has 0 aliphatic heterocycles. The number of rotatable bonds is 4. The fourth-order valence-corrected chi connectivity index (χ4v) is 2.12. The maximum Gasteiger partial charge on any atom is 0.244 e. The van der Waals surface area contributed by atoms with Crippen LogP contribution in [0, 0.1) is 5.92 Å². The number of amides is 1. The van der Waals surface area contributed by atoms with Crippen LogP contribution in [0.5, 0.6) is 0 Å². The Bertz CT molecular complexity index is 493. The first-order valence-corrected chi connectivity index (χ1v) is 6.58. The van der Waals surface area contributed by atoms with Crippen molar-refractivity contribution in [2.24, 2.45) is 5.92 Å². The number of carbonyl (C=O) groups excluding carboxylic acids is 1. The maximum atomic E-state index is 11.7. The number of aliphatic hydroxyl groups is 1. The molecule has 3 nitrogen and oxygen atoms in total. The maximum absolute atomic E-state index is 11.7. The predicted octanol–water partition coefficient (Wildman–Crippen LogP) is 2.41. The zero-order chi connectivity index (χ0) is 13.7. The van der Waals surface area contributed by atoms with Gasteiger partial charge in [-0.15, -0.1) is 0 Å². The average Bonchev–Trinajstić information content (AvgIpc) is 2.86. The highest BCUT2D eigenvalue weighted by Crippen LogP contribution is 2.17. The number of hydrogen-bond donors (Lipinski definition) is 2. The molecule has 1 aliphatic rings. The summed E-state index contributed by atoms with van der Waals surface area (Å²) < 4.78 is 0. The molecular formula is C15H16ClNO2. The van der Waals surface area contributed by atoms with Crippen LogP contribution in [0.2, 0.25) is 5.02 Å². The summed E-state index contributed by atoms with van der Waals surface area (Å²) in [5, 5.41) is 12.6. The second-order valence-electron chi connectivity index (χ2n) is 4.56. The fourth-order valence-electron chi connectivity index (χ4n) is 1.99. The second-order valence-corrected chi connectivity index (χ2v) is 5.00. The van der Waals surface area contributed by atoms with Crippen molar-refractivity contribution in [2.75, 3.05) is 6.61 Å². The highest BCUT2D eigenvalue weighted by Gasteiger charge is 2.18. The number of carbonyl (C=O) groups is 1. The van der Waals surface area contributed by atoms with E-state index < -0.39 is 0 Å². The molecule has 1 aliphatic carbocycles. The van der Waals surface area contributed by atoms with Crippen LogP contribution in [-0.2, 0) is 4.79 Å². The third-order valence-electron chi connectivity index (χ3n) is 3.03. The van der Waals surface area contributed by atoms with Crippen LogP contribution in [0.15, 0.2) is 42.5 Å². The van der Waals surface area contributed by atoms with Gasteiger partial charge in [-0.05, 0) is 30.2 Å². The molecule has 2 N–H and O–H groups in total. The molecule has 0 saturated heterocycles. The van der Waals surface area contributed by atoms with Gasteiger partial charge in [-0.3, -0.25) is 4.79 Å². The lowest BCUT2D eigenvalue weighted by atomic mass is 10.1. The second kappa shape index (κ2) is 6.55. The van der Waals surface area contributed by atoms with Crippen LogP contribution in [0.1, 0.15) is 12.0 Å². The number of nitrogens with one attached hydrogen (secondary N) is 1. The molecule has 1 aromatic rings. The molecule has 0 radical (unpaired) electrons. The molecule has 0 spiro atoms. The summed E-state index contributed by atoms with van der Waals surface area (Å²) in [4.78, 5) is 11.7. The molecule has 0 aromatic heterocycles. The molecule has 2 atom stereocenters. The molecule has 1 aromatic carbocycles. The number of hydrogen-bond acceptors (Lipinski definition) is 2. The van der Waals surface area contributed by atoms with E-state index in [2.05, 4.69) is 5.32 Å². The van der Waals surface area contributed by atoms with E-state index in [1.165, 1.54) is 6.08 Å². The molecule has 4 heteroatoms. The summed E-state index contributed by atoms with van der Waals surface area (Å²) in [6, 6.07) is 7.28. The largest absolute Gasteiger partial charge is 0.396 e. The van der Waals surface area contributed by atoms with Crippen molar-refractivity contribution >= 4 is 23.6 Å². The summed E-state index contributed by atoms with van der Waals surface area (Å²) >= 11 is 5.78. The zero-order valence-electron chi connectivity index (χ0n) is 10.4. The molecule has 0 fully saturated rings. The van der Waals surface area contributed by atoms with E-state index in [1.54, 1.807) is 18.2 Å². The minimum atomic E-state index is -0.136. The summed E-state index contributed by atoms with van der Waals surface area (Å²) in [6.45, 7) is 0.128. The van der Waals surface area contributed by atoms with E-state index in [1.807, 2.05) is 24.3 Å². The smallest absolute Gasteiger partial charge is 0.244 e. The van der Waals surface area contributed by atoms with Crippen molar-refractivity contribution in [3.63, 3.8) is 0 Å². The number of benzene rings is 1. The van der Waals surface area contributed by atoms with Gasteiger partial charge in [0, 0.05) is 29.7 Å². The van der Waals surface area contributed by atoms with Gasteiger partial charge in [0.05, 0.1) is 0 Å². The van der Waals surface area contributed by atoms with Gasteiger partial charge in [-0.2, -0.15) is 0 Å². The average molecular weight is 278 g/mol. The minimum Gasteiger partial charge on any atom is -0.396 e. The fraction of sp³-hybridized carbons (Fsp3) is 0.267. The third-order valence-corrected chi connectivity index (χ3v) is 3.28. The third kappa shape index (κ3) is 4.23. The molecule has 0 bridgehead atoms. The molecule has 0 unspecified atom stereocenters. The normalized spacial score (nSPS) is 22.0. The first kappa shape index (κ1) is 13.8. The van der Waals surface area contributed by atoms with Crippen molar-refractivity contribution in [2.45, 2.75) is 12.5 Å². The van der Waals surface area contributed by atoms with Gasteiger partial charge in [0.15, 0.2) is 0 Å². The number of aliphatic hydroxyl groups excluding tert-OH is 1. The van der Waals surface area contributed by atoms with Crippen LogP contribution < -0.4 is 5.32 Å². The quantitative estimate of drug-likeness (QED) is 0.656. The summed E-state index contributed by atoms with van der Waals surface area (Å²) in [5.41, 5.74) is 0.926. The Balaban J connectivity index is 1.84. The van der Waals surface area contributed by atoms with Crippen LogP contribution in [0.25, 0.3) is 6.08 Å². The van der Waals surface area contributed by atoms with E-state index in [4.69, 9.17) is 16.7 Å². The zero-order valence-corrected chi connectivity index (χ0v) is 11.2. The van der Waals surface area contributed by atoms with Gasteiger partial charge < -0.3 is 10.4 Å². The topological polar surface area (TPSA) is 49.3 Å². The summed E-state index contributed by atoms with van der Waals surface area (Å²) in [5.74, 6) is 0.0220. The monoisotopic (exact) mass is 277 g/mol. The van der Waals surface area contributed by atoms with Crippen molar-refractivity contribution in [3.05, 3.63) is 53.1 Å². The molecule has 0 heterocycles. The first-order chi connectivity index (χ1) is 9.17. The Morgan fingerprint density at radius 3 is 2.74 bits per heavy atom. The SMILES string of the molecule is O=C(/C=C/c1ccc(Cl)cc1)N[C@@H]1C=C[C@H](CO)C1. The molecule has 2 rings (SSSR count). The van der Waals surface area contributed by atoms with Crippen molar-refractivity contribution in [1.82, 2.24) is 5.32 Å². The van der Waals surface area contributed by atoms with Gasteiger partial charge in [0.2, 0.25) is 5.91 Å². The predicted molar refractivity (Wildman–Crippen MR) is 76.7 cm³/mol. The molecule has 100 valence electrons. The molecule has 0 saturated carbocycles. The van der Waals surface area contributed by atoms with Gasteiger partial charge in [-0.25, -0.2) is 0 Å². The molecule has 19 heavy (non-hydrogen) atoms. The van der Waals surface area contributed by atoms with Gasteiger partial charge in [0.25, 0.3) is 0 Å². The Kier molecular flexibility index (Phi) is 4.77. The molecule has 1 amide bonds. The van der Waals surface area contributed by atoms with Crippen molar-refractivity contribution in [1.29, 1.82) is 0 Å². The Morgan fingerprint density at radius 1 is 1.37 bits per heavy atom. The Morgan fingerprint density at radius 2 is 2.11 bits per heavy atom. The van der Waals surface area contributed by atoms with Gasteiger partial charge in [-0.1, -0.05) is 35.9 Å². The Labute approximate surface area is 117 Å². The van der Waals surface area contributed by atoms with Crippen molar-refractivity contribution < 1.29 is 9.90 Å². The lowest BCUT2D eigenvalue weighted by Crippen LogP contribution is -2.31. The van der Waals surface area contributed by atoms with Gasteiger partial charge >= 0.3 is 0 Å². The van der Waals surface area contributed by atoms with E-state index in [0.29, 0.717) is 5.02 Å². The summed E-state index contributed by atoms with van der Waals surface area (Å²) in [7, 11) is 0. The highest BCUT2D eigenvalue weighted by molar-refractivity contribution is 6.30. The first-order valence-electron chi connectivity index (χ1n) is 6.20. The minimum absolute atomic E-state index is 0.0134. The van der Waals surface area contributed by atoms with E-state index in [0.717, 1.165) is 12.0 Å². The van der Waals surface area contributed by atoms with E-state index >= 15 is 0 Å². The van der Waals surface area contributed by atoms with Crippen LogP contribution in [0.4, 0.5) is 0 Å². The highest BCUT2D eigenvalue weighted by atomic mass is 35.5.